The van der Waals surface area contributed by atoms with Crippen molar-refractivity contribution in [3.63, 3.8) is 0 Å². The topological polar surface area (TPSA) is 85.6 Å². The molecule has 7 nitrogen and oxygen atoms in total. The fourth-order valence-corrected chi connectivity index (χ4v) is 3.48. The maximum absolute atomic E-state index is 12.4. The molecule has 1 fully saturated rings. The molecule has 2 N–H and O–H groups in total. The van der Waals surface area contributed by atoms with Crippen molar-refractivity contribution in [2.24, 2.45) is 0 Å². The number of amides is 1. The van der Waals surface area contributed by atoms with Crippen LogP contribution in [0.15, 0.2) is 34.9 Å². The highest BCUT2D eigenvalue weighted by Crippen LogP contribution is 2.39. The average molecular weight is 373 g/mol. The van der Waals surface area contributed by atoms with E-state index in [-0.39, 0.29) is 17.4 Å². The van der Waals surface area contributed by atoms with Gasteiger partial charge < -0.3 is 19.3 Å². The van der Waals surface area contributed by atoms with Crippen LogP contribution in [0.5, 0.6) is 5.75 Å². The van der Waals surface area contributed by atoms with Crippen LogP contribution in [-0.2, 0) is 14.9 Å². The first-order valence-corrected chi connectivity index (χ1v) is 9.23. The van der Waals surface area contributed by atoms with Crippen LogP contribution in [0.25, 0.3) is 0 Å². The first kappa shape index (κ1) is 19.4. The Kier molecular flexibility index (Phi) is 6.13. The molecule has 146 valence electrons. The van der Waals surface area contributed by atoms with Crippen LogP contribution in [0.4, 0.5) is 5.88 Å². The molecular formula is C20H27N3O4. The molecule has 0 saturated carbocycles. The number of hydrogen-bond donors (Lipinski definition) is 2. The second-order valence-electron chi connectivity index (χ2n) is 7.02. The standard InChI is InChI=1S/C20H27N3O4/c1-14-12-18(27-23-14)22-19(24)15(2)21-13-20(8-10-26-11-9-20)16-6-4-5-7-17(16)25-3/h4-7,12,15,21H,8-11,13H2,1-3H3,(H,22,24). The normalized spacial score (nSPS) is 17.3. The Morgan fingerprint density at radius 2 is 2.07 bits per heavy atom. The lowest BCUT2D eigenvalue weighted by Gasteiger charge is -2.39. The predicted molar refractivity (Wildman–Crippen MR) is 102 cm³/mol. The van der Waals surface area contributed by atoms with Gasteiger partial charge in [-0.05, 0) is 32.8 Å². The number of aryl methyl sites for hydroxylation is 1. The number of rotatable bonds is 7. The summed E-state index contributed by atoms with van der Waals surface area (Å²) < 4.78 is 16.2. The van der Waals surface area contributed by atoms with Gasteiger partial charge in [0.1, 0.15) is 5.75 Å². The fraction of sp³-hybridized carbons (Fsp3) is 0.500. The number of nitrogens with zero attached hydrogens (tertiary/aromatic N) is 1. The molecular weight excluding hydrogens is 346 g/mol. The third kappa shape index (κ3) is 4.48. The molecule has 0 radical (unpaired) electrons. The van der Waals surface area contributed by atoms with E-state index in [2.05, 4.69) is 21.9 Å². The van der Waals surface area contributed by atoms with Crippen LogP contribution >= 0.6 is 0 Å². The van der Waals surface area contributed by atoms with Crippen molar-refractivity contribution in [1.82, 2.24) is 10.5 Å². The highest BCUT2D eigenvalue weighted by atomic mass is 16.5. The van der Waals surface area contributed by atoms with Gasteiger partial charge in [-0.2, -0.15) is 0 Å². The van der Waals surface area contributed by atoms with Crippen LogP contribution < -0.4 is 15.4 Å². The summed E-state index contributed by atoms with van der Waals surface area (Å²) in [5, 5.41) is 9.91. The van der Waals surface area contributed by atoms with Crippen LogP contribution in [0.1, 0.15) is 31.0 Å². The number of carbonyl (C=O) groups excluding carboxylic acids is 1. The number of methoxy groups -OCH3 is 1. The SMILES string of the molecule is COc1ccccc1C1(CNC(C)C(=O)Nc2cc(C)no2)CCOCC1. The molecule has 2 aromatic rings. The lowest BCUT2D eigenvalue weighted by atomic mass is 9.73. The number of benzene rings is 1. The van der Waals surface area contributed by atoms with Gasteiger partial charge in [-0.1, -0.05) is 23.4 Å². The molecule has 27 heavy (non-hydrogen) atoms. The first-order valence-electron chi connectivity index (χ1n) is 9.23. The van der Waals surface area contributed by atoms with Crippen molar-refractivity contribution in [3.05, 3.63) is 41.6 Å². The van der Waals surface area contributed by atoms with Gasteiger partial charge in [0.2, 0.25) is 11.8 Å². The Balaban J connectivity index is 1.70. The molecule has 1 saturated heterocycles. The zero-order valence-corrected chi connectivity index (χ0v) is 16.1. The molecule has 2 heterocycles. The van der Waals surface area contributed by atoms with E-state index in [9.17, 15) is 4.79 Å². The van der Waals surface area contributed by atoms with Crippen molar-refractivity contribution in [2.45, 2.75) is 38.1 Å². The number of hydrogen-bond acceptors (Lipinski definition) is 6. The zero-order chi connectivity index (χ0) is 19.3. The maximum atomic E-state index is 12.4. The maximum Gasteiger partial charge on any atom is 0.243 e. The van der Waals surface area contributed by atoms with Crippen LogP contribution in [0.2, 0.25) is 0 Å². The van der Waals surface area contributed by atoms with E-state index in [0.717, 1.165) is 29.8 Å². The third-order valence-electron chi connectivity index (χ3n) is 5.14. The van der Waals surface area contributed by atoms with E-state index in [0.29, 0.717) is 25.6 Å². The largest absolute Gasteiger partial charge is 0.496 e. The van der Waals surface area contributed by atoms with E-state index in [1.165, 1.54) is 0 Å². The van der Waals surface area contributed by atoms with Crippen molar-refractivity contribution >= 4 is 11.8 Å². The lowest BCUT2D eigenvalue weighted by Crippen LogP contribution is -2.48. The van der Waals surface area contributed by atoms with Crippen molar-refractivity contribution < 1.29 is 18.8 Å². The molecule has 0 aliphatic carbocycles. The van der Waals surface area contributed by atoms with E-state index in [1.54, 1.807) is 13.2 Å². The van der Waals surface area contributed by atoms with Crippen LogP contribution in [0.3, 0.4) is 0 Å². The Morgan fingerprint density at radius 1 is 1.33 bits per heavy atom. The molecule has 1 unspecified atom stereocenters. The molecule has 1 amide bonds. The van der Waals surface area contributed by atoms with Gasteiger partial charge in [0, 0.05) is 36.8 Å². The molecule has 1 aromatic carbocycles. The molecule has 0 spiro atoms. The van der Waals surface area contributed by atoms with Crippen LogP contribution in [-0.4, -0.2) is 44.0 Å². The fourth-order valence-electron chi connectivity index (χ4n) is 3.48. The first-order chi connectivity index (χ1) is 13.0. The summed E-state index contributed by atoms with van der Waals surface area (Å²) in [5.41, 5.74) is 1.74. The summed E-state index contributed by atoms with van der Waals surface area (Å²) in [5.74, 6) is 1.07. The summed E-state index contributed by atoms with van der Waals surface area (Å²) in [6, 6.07) is 9.39. The van der Waals surface area contributed by atoms with Gasteiger partial charge in [0.15, 0.2) is 0 Å². The van der Waals surface area contributed by atoms with Crippen molar-refractivity contribution in [3.8, 4) is 5.75 Å². The van der Waals surface area contributed by atoms with Crippen molar-refractivity contribution in [1.29, 1.82) is 0 Å². The number of aromatic nitrogens is 1. The van der Waals surface area contributed by atoms with E-state index >= 15 is 0 Å². The van der Waals surface area contributed by atoms with E-state index < -0.39 is 0 Å². The predicted octanol–water partition coefficient (Wildman–Crippen LogP) is 2.66. The Labute approximate surface area is 159 Å². The second-order valence-corrected chi connectivity index (χ2v) is 7.02. The third-order valence-corrected chi connectivity index (χ3v) is 5.14. The Morgan fingerprint density at radius 3 is 2.74 bits per heavy atom. The molecule has 7 heteroatoms. The summed E-state index contributed by atoms with van der Waals surface area (Å²) in [7, 11) is 1.69. The molecule has 0 bridgehead atoms. The highest BCUT2D eigenvalue weighted by molar-refractivity contribution is 5.93. The highest BCUT2D eigenvalue weighted by Gasteiger charge is 2.37. The number of ether oxygens (including phenoxy) is 2. The Hall–Kier alpha value is -2.38. The van der Waals surface area contributed by atoms with Crippen molar-refractivity contribution in [2.75, 3.05) is 32.2 Å². The molecule has 1 aliphatic heterocycles. The minimum absolute atomic E-state index is 0.137. The quantitative estimate of drug-likeness (QED) is 0.776. The lowest BCUT2D eigenvalue weighted by molar-refractivity contribution is -0.118. The average Bonchev–Trinajstić information content (AvgIpc) is 3.11. The monoisotopic (exact) mass is 373 g/mol. The smallest absolute Gasteiger partial charge is 0.243 e. The number of anilines is 1. The van der Waals surface area contributed by atoms with Gasteiger partial charge in [0.25, 0.3) is 0 Å². The minimum atomic E-state index is -0.384. The van der Waals surface area contributed by atoms with Gasteiger partial charge in [0.05, 0.1) is 18.8 Å². The number of carbonyl (C=O) groups is 1. The number of nitrogens with one attached hydrogen (secondary N) is 2. The van der Waals surface area contributed by atoms with Gasteiger partial charge in [-0.3, -0.25) is 10.1 Å². The van der Waals surface area contributed by atoms with Gasteiger partial charge in [-0.25, -0.2) is 0 Å². The van der Waals surface area contributed by atoms with Crippen LogP contribution in [0, 0.1) is 6.92 Å². The van der Waals surface area contributed by atoms with Gasteiger partial charge in [-0.15, -0.1) is 0 Å². The summed E-state index contributed by atoms with van der Waals surface area (Å²) >= 11 is 0. The molecule has 1 aromatic heterocycles. The second kappa shape index (κ2) is 8.54. The number of para-hydroxylation sites is 1. The summed E-state index contributed by atoms with van der Waals surface area (Å²) in [6.07, 6.45) is 1.74. The molecule has 1 atom stereocenters. The molecule has 3 rings (SSSR count). The molecule has 1 aliphatic rings. The summed E-state index contributed by atoms with van der Waals surface area (Å²) in [4.78, 5) is 12.4. The minimum Gasteiger partial charge on any atom is -0.496 e. The summed E-state index contributed by atoms with van der Waals surface area (Å²) in [6.45, 7) is 5.69. The van der Waals surface area contributed by atoms with E-state index in [4.69, 9.17) is 14.0 Å². The zero-order valence-electron chi connectivity index (χ0n) is 16.1. The van der Waals surface area contributed by atoms with E-state index in [1.807, 2.05) is 32.0 Å². The van der Waals surface area contributed by atoms with Gasteiger partial charge >= 0.3 is 0 Å². The Bertz CT molecular complexity index is 768.